The lowest BCUT2D eigenvalue weighted by Gasteiger charge is -2.36. The lowest BCUT2D eigenvalue weighted by Crippen LogP contribution is -2.60. The van der Waals surface area contributed by atoms with Gasteiger partial charge in [-0.3, -0.25) is 20.0 Å². The summed E-state index contributed by atoms with van der Waals surface area (Å²) < 4.78 is 4.79. The summed E-state index contributed by atoms with van der Waals surface area (Å²) >= 11 is 6.31. The van der Waals surface area contributed by atoms with Gasteiger partial charge in [0.05, 0.1) is 31.5 Å². The number of ether oxygens (including phenoxy) is 1. The van der Waals surface area contributed by atoms with Crippen molar-refractivity contribution < 1.29 is 29.0 Å². The first-order chi connectivity index (χ1) is 26.1. The minimum Gasteiger partial charge on any atom is -0.453 e. The first-order valence-corrected chi connectivity index (χ1v) is 19.1. The average molecular weight is 778 g/mol. The molecule has 2 aromatic carbocycles. The molecule has 1 saturated heterocycles. The third-order valence-corrected chi connectivity index (χ3v) is 10.1. The van der Waals surface area contributed by atoms with Crippen molar-refractivity contribution in [3.8, 4) is 0 Å². The minimum atomic E-state index is -1.21. The minimum absolute atomic E-state index is 0.112. The van der Waals surface area contributed by atoms with Crippen LogP contribution in [-0.2, 0) is 33.8 Å². The predicted octanol–water partition coefficient (Wildman–Crippen LogP) is 5.09. The van der Waals surface area contributed by atoms with E-state index in [1.165, 1.54) is 7.11 Å². The second-order valence-electron chi connectivity index (χ2n) is 15.3. The van der Waals surface area contributed by atoms with Gasteiger partial charge in [-0.15, -0.1) is 0 Å². The maximum Gasteiger partial charge on any atom is 0.407 e. The zero-order chi connectivity index (χ0) is 40.3. The van der Waals surface area contributed by atoms with Gasteiger partial charge in [-0.2, -0.15) is 0 Å². The molecule has 0 spiro atoms. The smallest absolute Gasteiger partial charge is 0.407 e. The second-order valence-corrected chi connectivity index (χ2v) is 15.7. The molecule has 1 aliphatic rings. The van der Waals surface area contributed by atoms with Gasteiger partial charge in [0, 0.05) is 36.9 Å². The van der Waals surface area contributed by atoms with Crippen LogP contribution in [0.15, 0.2) is 72.8 Å². The summed E-state index contributed by atoms with van der Waals surface area (Å²) in [6.07, 6.45) is -1.06. The number of aromatic nitrogens is 1. The van der Waals surface area contributed by atoms with E-state index in [0.717, 1.165) is 22.5 Å². The number of halogens is 1. The van der Waals surface area contributed by atoms with Gasteiger partial charge in [-0.25, -0.2) is 14.6 Å². The van der Waals surface area contributed by atoms with Crippen LogP contribution in [0.1, 0.15) is 63.6 Å². The number of rotatable bonds is 17. The Labute approximate surface area is 329 Å². The molecule has 0 bridgehead atoms. The number of carbonyl (C=O) groups excluding carboxylic acids is 4. The lowest BCUT2D eigenvalue weighted by molar-refractivity contribution is -0.132. The van der Waals surface area contributed by atoms with Gasteiger partial charge in [0.2, 0.25) is 5.91 Å². The summed E-state index contributed by atoms with van der Waals surface area (Å²) in [5.74, 6) is -1.09. The predicted molar refractivity (Wildman–Crippen MR) is 212 cm³/mol. The molecule has 3 aromatic rings. The third kappa shape index (κ3) is 12.4. The van der Waals surface area contributed by atoms with Gasteiger partial charge in [-0.1, -0.05) is 101 Å². The van der Waals surface area contributed by atoms with Crippen LogP contribution in [0, 0.1) is 18.3 Å². The van der Waals surface area contributed by atoms with Crippen molar-refractivity contribution >= 4 is 35.5 Å². The molecule has 1 fully saturated rings. The van der Waals surface area contributed by atoms with E-state index in [4.69, 9.17) is 16.3 Å². The van der Waals surface area contributed by atoms with Crippen molar-refractivity contribution in [2.45, 2.75) is 91.7 Å². The number of aliphatic hydroxyl groups is 1. The molecule has 0 aliphatic carbocycles. The van der Waals surface area contributed by atoms with Crippen molar-refractivity contribution in [3.05, 3.63) is 100 Å². The zero-order valence-corrected chi connectivity index (χ0v) is 33.7. The largest absolute Gasteiger partial charge is 0.453 e. The van der Waals surface area contributed by atoms with Crippen LogP contribution >= 0.6 is 11.6 Å². The molecular formula is C41H56ClN7O6. The number of alkyl carbamates (subject to hydrolysis) is 1. The molecule has 0 saturated carbocycles. The van der Waals surface area contributed by atoms with Gasteiger partial charge >= 0.3 is 12.1 Å². The Morgan fingerprint density at radius 3 is 2.31 bits per heavy atom. The van der Waals surface area contributed by atoms with E-state index in [2.05, 4.69) is 21.0 Å². The second kappa shape index (κ2) is 19.7. The topological polar surface area (TPSA) is 156 Å². The fraction of sp³-hybridized carbons (Fsp3) is 0.488. The van der Waals surface area contributed by atoms with Crippen molar-refractivity contribution in [1.82, 2.24) is 35.9 Å². The van der Waals surface area contributed by atoms with Gasteiger partial charge in [0.15, 0.2) is 0 Å². The molecule has 5 amide bonds. The van der Waals surface area contributed by atoms with Gasteiger partial charge in [-0.05, 0) is 60.1 Å². The van der Waals surface area contributed by atoms with Crippen LogP contribution in [0.2, 0.25) is 5.02 Å². The van der Waals surface area contributed by atoms with Crippen LogP contribution in [0.5, 0.6) is 0 Å². The molecule has 0 radical (unpaired) electrons. The number of aliphatic hydroxyl groups excluding tert-OH is 1. The maximum absolute atomic E-state index is 14.4. The first kappa shape index (κ1) is 43.0. The summed E-state index contributed by atoms with van der Waals surface area (Å²) in [6.45, 7) is 12.4. The molecule has 5 atom stereocenters. The molecule has 14 heteroatoms. The van der Waals surface area contributed by atoms with Crippen LogP contribution in [0.25, 0.3) is 0 Å². The molecule has 2 heterocycles. The molecule has 13 nitrogen and oxygen atoms in total. The molecule has 1 aliphatic heterocycles. The number of hydrogen-bond donors (Lipinski definition) is 4. The number of methoxy groups -OCH3 is 1. The van der Waals surface area contributed by atoms with E-state index in [1.807, 2.05) is 96.1 Å². The van der Waals surface area contributed by atoms with E-state index in [1.54, 1.807) is 33.0 Å². The molecule has 4 rings (SSSR count). The van der Waals surface area contributed by atoms with Crippen molar-refractivity contribution in [3.63, 3.8) is 0 Å². The van der Waals surface area contributed by atoms with Gasteiger partial charge in [0.25, 0.3) is 5.91 Å². The highest BCUT2D eigenvalue weighted by molar-refractivity contribution is 6.30. The fourth-order valence-electron chi connectivity index (χ4n) is 6.67. The molecule has 4 N–H and O–H groups in total. The fourth-order valence-corrected chi connectivity index (χ4v) is 6.88. The SMILES string of the molecule is CCC(C)C(C(=O)NC(Cc1ccccc1)C(O)CN(Cc1cccc(Cl)c1)NC(=O)C(NC(=O)OC)C(C)(C)C)N1CCN(Cc2cccc(C)n2)C1=O. The van der Waals surface area contributed by atoms with Crippen molar-refractivity contribution in [1.29, 1.82) is 0 Å². The Hall–Kier alpha value is -4.72. The number of amides is 5. The quantitative estimate of drug-likeness (QED) is 0.138. The van der Waals surface area contributed by atoms with E-state index < -0.39 is 41.6 Å². The van der Waals surface area contributed by atoms with E-state index >= 15 is 0 Å². The molecule has 298 valence electrons. The van der Waals surface area contributed by atoms with Crippen molar-refractivity contribution in [2.75, 3.05) is 26.7 Å². The summed E-state index contributed by atoms with van der Waals surface area (Å²) in [4.78, 5) is 62.2. The Bertz CT molecular complexity index is 1760. The Morgan fingerprint density at radius 1 is 0.982 bits per heavy atom. The number of benzene rings is 2. The number of nitrogens with one attached hydrogen (secondary N) is 3. The lowest BCUT2D eigenvalue weighted by atomic mass is 9.86. The highest BCUT2D eigenvalue weighted by atomic mass is 35.5. The average Bonchev–Trinajstić information content (AvgIpc) is 3.48. The first-order valence-electron chi connectivity index (χ1n) is 18.7. The van der Waals surface area contributed by atoms with Gasteiger partial charge in [0.1, 0.15) is 12.1 Å². The number of urea groups is 1. The van der Waals surface area contributed by atoms with E-state index in [-0.39, 0.29) is 37.4 Å². The van der Waals surface area contributed by atoms with Crippen LogP contribution in [-0.4, -0.2) is 99.8 Å². The summed E-state index contributed by atoms with van der Waals surface area (Å²) in [5, 5.41) is 19.8. The van der Waals surface area contributed by atoms with Crippen LogP contribution < -0.4 is 16.1 Å². The molecular weight excluding hydrogens is 722 g/mol. The maximum atomic E-state index is 14.4. The number of pyridine rings is 1. The molecule has 55 heavy (non-hydrogen) atoms. The Morgan fingerprint density at radius 2 is 1.67 bits per heavy atom. The monoisotopic (exact) mass is 777 g/mol. The molecule has 1 aromatic heterocycles. The Balaban J connectivity index is 1.61. The summed E-state index contributed by atoms with van der Waals surface area (Å²) in [7, 11) is 1.22. The van der Waals surface area contributed by atoms with Crippen LogP contribution in [0.3, 0.4) is 0 Å². The number of hydrogen-bond acceptors (Lipinski definition) is 8. The Kier molecular flexibility index (Phi) is 15.4. The third-order valence-electron chi connectivity index (χ3n) is 9.82. The summed E-state index contributed by atoms with van der Waals surface area (Å²) in [5.41, 5.74) is 5.46. The van der Waals surface area contributed by atoms with E-state index in [0.29, 0.717) is 31.1 Å². The summed E-state index contributed by atoms with van der Waals surface area (Å²) in [6, 6.07) is 19.5. The number of carbonyl (C=O) groups is 4. The number of aryl methyl sites for hydroxylation is 1. The van der Waals surface area contributed by atoms with Crippen molar-refractivity contribution in [2.24, 2.45) is 11.3 Å². The zero-order valence-electron chi connectivity index (χ0n) is 32.9. The van der Waals surface area contributed by atoms with Gasteiger partial charge < -0.3 is 30.3 Å². The molecule has 5 unspecified atom stereocenters. The normalized spacial score (nSPS) is 15.9. The highest BCUT2D eigenvalue weighted by Gasteiger charge is 2.41. The highest BCUT2D eigenvalue weighted by Crippen LogP contribution is 2.24. The number of hydrazine groups is 1. The number of nitrogens with zero attached hydrogens (tertiary/aromatic N) is 4. The standard InChI is InChI=1S/C41H56ClN7O6/c1-8-27(2)35(49-21-20-47(40(49)54)25-32-19-12-14-28(3)43-32)37(51)44-33(23-29-15-10-9-11-16-29)34(50)26-48(24-30-17-13-18-31(42)22-30)46-38(52)36(41(4,5)6)45-39(53)55-7/h9-19,22,27,33-36,50H,8,20-21,23-26H2,1-7H3,(H,44,51)(H,45,53)(H,46,52). The van der Waals surface area contributed by atoms with E-state index in [9.17, 15) is 24.3 Å². The van der Waals surface area contributed by atoms with Crippen LogP contribution in [0.4, 0.5) is 9.59 Å².